The molecule has 20 heavy (non-hydrogen) atoms. The molecule has 0 atom stereocenters. The van der Waals surface area contributed by atoms with Gasteiger partial charge in [-0.1, -0.05) is 69.3 Å². The van der Waals surface area contributed by atoms with Crippen molar-refractivity contribution >= 4 is 5.78 Å². The van der Waals surface area contributed by atoms with Crippen LogP contribution in [0.2, 0.25) is 0 Å². The predicted molar refractivity (Wildman–Crippen MR) is 83.1 cm³/mol. The zero-order valence-electron chi connectivity index (χ0n) is 12.4. The van der Waals surface area contributed by atoms with Crippen molar-refractivity contribution < 1.29 is 4.79 Å². The van der Waals surface area contributed by atoms with Gasteiger partial charge in [-0.3, -0.25) is 4.79 Å². The Labute approximate surface area is 121 Å². The zero-order valence-corrected chi connectivity index (χ0v) is 12.4. The number of carbonyl (C=O) groups is 1. The molecule has 0 bridgehead atoms. The average Bonchev–Trinajstić information content (AvgIpc) is 2.45. The van der Waals surface area contributed by atoms with Gasteiger partial charge in [0.2, 0.25) is 0 Å². The van der Waals surface area contributed by atoms with E-state index >= 15 is 0 Å². The summed E-state index contributed by atoms with van der Waals surface area (Å²) in [6.45, 7) is 6.58. The quantitative estimate of drug-likeness (QED) is 0.738. The Bertz CT molecular complexity index is 576. The van der Waals surface area contributed by atoms with Crippen LogP contribution >= 0.6 is 0 Å². The van der Waals surface area contributed by atoms with Crippen LogP contribution in [-0.2, 0) is 11.8 Å². The number of benzene rings is 2. The lowest BCUT2D eigenvalue weighted by Gasteiger charge is -2.22. The zero-order chi connectivity index (χ0) is 14.6. The molecule has 0 spiro atoms. The van der Waals surface area contributed by atoms with Gasteiger partial charge in [0.25, 0.3) is 0 Å². The standard InChI is InChI=1S/C19H21O/c1-19(2,3)17-12-8-7-9-15(17)13-14-18(20)16-10-5-4-6-11-16/h4-8,10-12H,13-14H2,1-3H3. The smallest absolute Gasteiger partial charge is 0.163 e. The molecular formula is C19H21O. The van der Waals surface area contributed by atoms with E-state index in [2.05, 4.69) is 32.9 Å². The van der Waals surface area contributed by atoms with E-state index in [9.17, 15) is 4.79 Å². The highest BCUT2D eigenvalue weighted by molar-refractivity contribution is 5.96. The van der Waals surface area contributed by atoms with Gasteiger partial charge in [0.15, 0.2) is 5.78 Å². The molecule has 0 aliphatic carbocycles. The molecule has 1 nitrogen and oxygen atoms in total. The van der Waals surface area contributed by atoms with E-state index < -0.39 is 0 Å². The van der Waals surface area contributed by atoms with Crippen LogP contribution in [-0.4, -0.2) is 5.78 Å². The molecule has 0 aliphatic rings. The highest BCUT2D eigenvalue weighted by atomic mass is 16.1. The molecule has 0 saturated heterocycles. The van der Waals surface area contributed by atoms with Gasteiger partial charge < -0.3 is 0 Å². The molecule has 1 heteroatoms. The summed E-state index contributed by atoms with van der Waals surface area (Å²) in [5.74, 6) is 0.197. The Hall–Kier alpha value is -1.89. The second-order valence-electron chi connectivity index (χ2n) is 6.10. The van der Waals surface area contributed by atoms with Gasteiger partial charge in [0.1, 0.15) is 0 Å². The summed E-state index contributed by atoms with van der Waals surface area (Å²) in [6, 6.07) is 18.9. The van der Waals surface area contributed by atoms with Crippen LogP contribution in [0.25, 0.3) is 0 Å². The molecule has 0 unspecified atom stereocenters. The summed E-state index contributed by atoms with van der Waals surface area (Å²) >= 11 is 0. The number of carbonyl (C=O) groups excluding carboxylic acids is 1. The van der Waals surface area contributed by atoms with E-state index in [1.165, 1.54) is 5.56 Å². The summed E-state index contributed by atoms with van der Waals surface area (Å²) in [4.78, 5) is 12.2. The highest BCUT2D eigenvalue weighted by Crippen LogP contribution is 2.26. The first kappa shape index (κ1) is 14.5. The van der Waals surface area contributed by atoms with Gasteiger partial charge >= 0.3 is 0 Å². The molecule has 1 radical (unpaired) electrons. The van der Waals surface area contributed by atoms with Crippen molar-refractivity contribution in [2.75, 3.05) is 0 Å². The molecule has 0 fully saturated rings. The normalized spacial score (nSPS) is 11.3. The van der Waals surface area contributed by atoms with E-state index in [4.69, 9.17) is 0 Å². The van der Waals surface area contributed by atoms with Crippen molar-refractivity contribution in [2.45, 2.75) is 39.0 Å². The van der Waals surface area contributed by atoms with E-state index in [0.29, 0.717) is 6.42 Å². The summed E-state index contributed by atoms with van der Waals surface area (Å²) in [5.41, 5.74) is 3.31. The van der Waals surface area contributed by atoms with Crippen LogP contribution in [0.3, 0.4) is 0 Å². The molecule has 0 heterocycles. The molecule has 0 aliphatic heterocycles. The number of aryl methyl sites for hydroxylation is 1. The maximum Gasteiger partial charge on any atom is 0.163 e. The van der Waals surface area contributed by atoms with E-state index in [1.54, 1.807) is 0 Å². The minimum absolute atomic E-state index is 0.0862. The molecule has 2 aromatic carbocycles. The third-order valence-electron chi connectivity index (χ3n) is 3.45. The van der Waals surface area contributed by atoms with Gasteiger partial charge in [-0.15, -0.1) is 0 Å². The van der Waals surface area contributed by atoms with E-state index in [-0.39, 0.29) is 11.2 Å². The van der Waals surface area contributed by atoms with Crippen LogP contribution < -0.4 is 0 Å². The Balaban J connectivity index is 2.11. The highest BCUT2D eigenvalue weighted by Gasteiger charge is 2.17. The van der Waals surface area contributed by atoms with Gasteiger partial charge in [-0.2, -0.15) is 0 Å². The Kier molecular flexibility index (Phi) is 4.39. The predicted octanol–water partition coefficient (Wildman–Crippen LogP) is 4.60. The van der Waals surface area contributed by atoms with Crippen molar-refractivity contribution in [3.63, 3.8) is 0 Å². The molecule has 2 rings (SSSR count). The Morgan fingerprint density at radius 3 is 2.40 bits per heavy atom. The van der Waals surface area contributed by atoms with Crippen LogP contribution in [0, 0.1) is 6.07 Å². The summed E-state index contributed by atoms with van der Waals surface area (Å²) in [7, 11) is 0. The van der Waals surface area contributed by atoms with Gasteiger partial charge in [-0.25, -0.2) is 0 Å². The largest absolute Gasteiger partial charge is 0.294 e. The third kappa shape index (κ3) is 3.57. The fourth-order valence-corrected chi connectivity index (χ4v) is 2.39. The van der Waals surface area contributed by atoms with E-state index in [1.807, 2.05) is 42.5 Å². The average molecular weight is 265 g/mol. The maximum absolute atomic E-state index is 12.2. The minimum Gasteiger partial charge on any atom is -0.294 e. The molecule has 0 aromatic heterocycles. The SMILES string of the molecule is CC(C)(C)c1ccc[c]c1CCC(=O)c1ccccc1. The number of hydrogen-bond acceptors (Lipinski definition) is 1. The number of rotatable bonds is 4. The second-order valence-corrected chi connectivity index (χ2v) is 6.10. The van der Waals surface area contributed by atoms with Crippen molar-refractivity contribution in [3.8, 4) is 0 Å². The van der Waals surface area contributed by atoms with Gasteiger partial charge in [0, 0.05) is 12.0 Å². The molecule has 0 amide bonds. The molecule has 0 N–H and O–H groups in total. The lowest BCUT2D eigenvalue weighted by molar-refractivity contribution is 0.0982. The molecule has 2 aromatic rings. The Morgan fingerprint density at radius 2 is 1.75 bits per heavy atom. The second kappa shape index (κ2) is 6.04. The molecule has 0 saturated carbocycles. The van der Waals surface area contributed by atoms with Crippen LogP contribution in [0.1, 0.15) is 48.7 Å². The first-order valence-corrected chi connectivity index (χ1v) is 7.07. The van der Waals surface area contributed by atoms with Crippen molar-refractivity contribution in [3.05, 3.63) is 71.3 Å². The first-order chi connectivity index (χ1) is 9.48. The lowest BCUT2D eigenvalue weighted by Crippen LogP contribution is -2.15. The third-order valence-corrected chi connectivity index (χ3v) is 3.45. The molecular weight excluding hydrogens is 244 g/mol. The first-order valence-electron chi connectivity index (χ1n) is 7.07. The fourth-order valence-electron chi connectivity index (χ4n) is 2.39. The summed E-state index contributed by atoms with van der Waals surface area (Å²) < 4.78 is 0. The summed E-state index contributed by atoms with van der Waals surface area (Å²) in [6.07, 6.45) is 1.29. The van der Waals surface area contributed by atoms with E-state index in [0.717, 1.165) is 17.5 Å². The topological polar surface area (TPSA) is 17.1 Å². The molecule has 103 valence electrons. The van der Waals surface area contributed by atoms with Crippen LogP contribution in [0.4, 0.5) is 0 Å². The summed E-state index contributed by atoms with van der Waals surface area (Å²) in [5, 5.41) is 0. The number of hydrogen-bond donors (Lipinski definition) is 0. The number of Topliss-reactive ketones (excluding diaryl/α,β-unsaturated/α-hetero) is 1. The Morgan fingerprint density at radius 1 is 1.05 bits per heavy atom. The van der Waals surface area contributed by atoms with Gasteiger partial charge in [-0.05, 0) is 29.0 Å². The maximum atomic E-state index is 12.2. The van der Waals surface area contributed by atoms with Crippen molar-refractivity contribution in [1.82, 2.24) is 0 Å². The lowest BCUT2D eigenvalue weighted by atomic mass is 9.82. The number of ketones is 1. The van der Waals surface area contributed by atoms with Crippen molar-refractivity contribution in [2.24, 2.45) is 0 Å². The fraction of sp³-hybridized carbons (Fsp3) is 0.316. The van der Waals surface area contributed by atoms with Gasteiger partial charge in [0.05, 0.1) is 0 Å². The van der Waals surface area contributed by atoms with Crippen LogP contribution in [0.15, 0.2) is 48.5 Å². The van der Waals surface area contributed by atoms with Crippen molar-refractivity contribution in [1.29, 1.82) is 0 Å². The minimum atomic E-state index is 0.0862. The van der Waals surface area contributed by atoms with Crippen LogP contribution in [0.5, 0.6) is 0 Å². The monoisotopic (exact) mass is 265 g/mol.